The largest absolute Gasteiger partial charge is 0.465 e. The number of aldehydes is 1. The summed E-state index contributed by atoms with van der Waals surface area (Å²) in [4.78, 5) is 83.5. The third-order valence-electron chi connectivity index (χ3n) is 12.9. The third kappa shape index (κ3) is 33.3. The Morgan fingerprint density at radius 3 is 1.40 bits per heavy atom. The summed E-state index contributed by atoms with van der Waals surface area (Å²) in [6.45, 7) is 30.5. The minimum atomic E-state index is -0.863. The number of halogens is 3. The topological polar surface area (TPSA) is 223 Å². The summed E-state index contributed by atoms with van der Waals surface area (Å²) >= 11 is 13.7. The first kappa shape index (κ1) is 81.1. The van der Waals surface area contributed by atoms with Crippen LogP contribution in [0.2, 0.25) is 0 Å². The summed E-state index contributed by atoms with van der Waals surface area (Å²) in [7, 11) is 0. The number of nitrogens with two attached hydrogens (primary N) is 1. The number of hydrogen-bond acceptors (Lipinski definition) is 17. The summed E-state index contributed by atoms with van der Waals surface area (Å²) in [5.74, 6) is -0.449. The number of rotatable bonds is 22. The monoisotopic (exact) mass is 1320 g/mol. The van der Waals surface area contributed by atoms with Gasteiger partial charge in [0.1, 0.15) is 39.9 Å². The van der Waals surface area contributed by atoms with Gasteiger partial charge in [0.05, 0.1) is 38.9 Å². The maximum Gasteiger partial charge on any atom is 0.411 e. The van der Waals surface area contributed by atoms with E-state index in [-0.39, 0.29) is 52.6 Å². The Morgan fingerprint density at radius 1 is 0.632 bits per heavy atom. The average Bonchev–Trinajstić information content (AvgIpc) is 0.980. The van der Waals surface area contributed by atoms with Crippen LogP contribution >= 0.6 is 39.1 Å². The number of nitrogens with one attached hydrogen (secondary N) is 1. The summed E-state index contributed by atoms with van der Waals surface area (Å²) in [6.07, 6.45) is 1.69. The van der Waals surface area contributed by atoms with Gasteiger partial charge in [0.15, 0.2) is 0 Å². The molecule has 0 aliphatic carbocycles. The molecule has 2 saturated heterocycles. The SMILES string of the molecule is CCOC(=O)C(C)Br.CCOC(=O)C(C)N(CCCl)Cc1ccccc1.CCOC(=O)C(C)NCc1ccccc1.CCOC(=O)C1(C)CCN1C(=O)OC(C)(C)C.CCOC(=O)C1(C)CCN1Cc1ccccc1.NCc1ccccc1.O=CCCl. The smallest absolute Gasteiger partial charge is 0.411 e. The number of benzene rings is 4. The number of amides is 1. The first-order valence-corrected chi connectivity index (χ1v) is 31.4. The molecule has 2 aliphatic heterocycles. The van der Waals surface area contributed by atoms with Crippen molar-refractivity contribution < 1.29 is 62.0 Å². The second-order valence-electron chi connectivity index (χ2n) is 20.8. The Bertz CT molecular complexity index is 2520. The molecule has 2 heterocycles. The first-order chi connectivity index (χ1) is 41.3. The molecule has 4 aromatic carbocycles. The van der Waals surface area contributed by atoms with Crippen LogP contribution in [0.1, 0.15) is 125 Å². The molecule has 5 unspecified atom stereocenters. The van der Waals surface area contributed by atoms with Crippen LogP contribution in [-0.2, 0) is 83.4 Å². The fraction of sp³-hybridized carbons (Fsp3) is 0.530. The molecule has 0 spiro atoms. The average molecular weight is 1320 g/mol. The molecule has 2 fully saturated rings. The Morgan fingerprint density at radius 2 is 1.05 bits per heavy atom. The molecule has 21 heteroatoms. The Hall–Kier alpha value is -5.93. The van der Waals surface area contributed by atoms with E-state index in [9.17, 15) is 28.8 Å². The van der Waals surface area contributed by atoms with Crippen LogP contribution in [-0.4, -0.2) is 155 Å². The van der Waals surface area contributed by atoms with E-state index in [0.29, 0.717) is 84.3 Å². The zero-order valence-corrected chi connectivity index (χ0v) is 56.6. The van der Waals surface area contributed by atoms with Crippen LogP contribution in [0.4, 0.5) is 4.79 Å². The van der Waals surface area contributed by atoms with Gasteiger partial charge in [-0.3, -0.25) is 33.9 Å². The van der Waals surface area contributed by atoms with Gasteiger partial charge in [0.2, 0.25) is 0 Å². The van der Waals surface area contributed by atoms with E-state index in [1.165, 1.54) is 21.6 Å². The van der Waals surface area contributed by atoms with Crippen molar-refractivity contribution in [3.8, 4) is 0 Å². The number of carbonyl (C=O) groups excluding carboxylic acids is 7. The Kier molecular flexibility index (Phi) is 43.1. The summed E-state index contributed by atoms with van der Waals surface area (Å²) in [5, 5.41) is 3.11. The van der Waals surface area contributed by atoms with Crippen molar-refractivity contribution in [2.75, 3.05) is 64.4 Å². The fourth-order valence-electron chi connectivity index (χ4n) is 7.68. The summed E-state index contributed by atoms with van der Waals surface area (Å²) < 4.78 is 29.9. The normalized spacial score (nSPS) is 16.4. The van der Waals surface area contributed by atoms with Crippen molar-refractivity contribution in [2.45, 2.75) is 163 Å². The predicted octanol–water partition coefficient (Wildman–Crippen LogP) is 11.5. The van der Waals surface area contributed by atoms with Gasteiger partial charge in [-0.2, -0.15) is 0 Å². The van der Waals surface area contributed by atoms with Crippen LogP contribution < -0.4 is 11.1 Å². The van der Waals surface area contributed by atoms with Crippen LogP contribution in [0.25, 0.3) is 0 Å². The van der Waals surface area contributed by atoms with Crippen LogP contribution in [0, 0.1) is 0 Å². The molecule has 0 aromatic heterocycles. The molecule has 5 atom stereocenters. The van der Waals surface area contributed by atoms with Gasteiger partial charge in [0, 0.05) is 51.7 Å². The lowest BCUT2D eigenvalue weighted by atomic mass is 9.86. The highest BCUT2D eigenvalue weighted by molar-refractivity contribution is 9.10. The predicted molar refractivity (Wildman–Crippen MR) is 348 cm³/mol. The highest BCUT2D eigenvalue weighted by atomic mass is 79.9. The molecule has 4 aromatic rings. The zero-order chi connectivity index (χ0) is 65.9. The maximum atomic E-state index is 11.9. The number of ether oxygens (including phenoxy) is 6. The maximum absolute atomic E-state index is 11.9. The van der Waals surface area contributed by atoms with Gasteiger partial charge in [0.25, 0.3) is 0 Å². The Balaban J connectivity index is 0.00000103. The van der Waals surface area contributed by atoms with Gasteiger partial charge < -0.3 is 44.3 Å². The molecule has 3 N–H and O–H groups in total. The van der Waals surface area contributed by atoms with E-state index in [4.69, 9.17) is 57.4 Å². The van der Waals surface area contributed by atoms with Crippen molar-refractivity contribution >= 4 is 81.4 Å². The summed E-state index contributed by atoms with van der Waals surface area (Å²) in [6, 6.07) is 39.7. The molecule has 18 nitrogen and oxygen atoms in total. The van der Waals surface area contributed by atoms with Gasteiger partial charge in [-0.25, -0.2) is 9.59 Å². The molecule has 0 radical (unpaired) electrons. The number of carbonyl (C=O) groups is 7. The minimum absolute atomic E-state index is 0.0952. The number of alkyl halides is 3. The van der Waals surface area contributed by atoms with Gasteiger partial charge in [-0.1, -0.05) is 137 Å². The van der Waals surface area contributed by atoms with Crippen molar-refractivity contribution in [2.24, 2.45) is 5.73 Å². The van der Waals surface area contributed by atoms with E-state index in [0.717, 1.165) is 25.1 Å². The zero-order valence-electron chi connectivity index (χ0n) is 53.5. The second-order valence-corrected chi connectivity index (χ2v) is 22.9. The molecular formula is C66H98BrCl2N5O13. The van der Waals surface area contributed by atoms with Crippen molar-refractivity contribution in [1.82, 2.24) is 20.0 Å². The van der Waals surface area contributed by atoms with Crippen LogP contribution in [0.5, 0.6) is 0 Å². The van der Waals surface area contributed by atoms with Crippen molar-refractivity contribution in [3.63, 3.8) is 0 Å². The van der Waals surface area contributed by atoms with Crippen LogP contribution in [0.3, 0.4) is 0 Å². The van der Waals surface area contributed by atoms with Crippen LogP contribution in [0.15, 0.2) is 121 Å². The van der Waals surface area contributed by atoms with E-state index < -0.39 is 22.8 Å². The molecule has 6 rings (SSSR count). The minimum Gasteiger partial charge on any atom is -0.465 e. The molecule has 0 bridgehead atoms. The standard InChI is InChI=1S/C14H20ClNO2.C14H19NO2.C12H21NO4.C12H17NO2.C7H9N.C5H9BrO2.C2H3ClO/c1-3-18-14(17)12(2)16(10-9-15)11-13-7-5-4-6-8-13;1-3-17-13(16)14(2)9-10-15(14)11-12-7-5-4-6-8-12;1-6-16-9(14)12(5)7-8-13(12)10(15)17-11(2,3)4;1-3-15-12(14)10(2)13-9-11-7-5-4-6-8-11;8-6-7-4-2-1-3-5-7;1-3-8-5(7)4(2)6;3-1-2-4/h4-8,12H,3,9-11H2,1-2H3;4-8H,3,9-11H2,1-2H3;6-8H2,1-5H3;4-8,10,13H,3,9H2,1-2H3;1-5H,6,8H2;4H,3H2,1-2H3;2H,1H2. The molecule has 486 valence electrons. The highest BCUT2D eigenvalue weighted by Gasteiger charge is 2.52. The first-order valence-electron chi connectivity index (χ1n) is 29.5. The molecule has 0 saturated carbocycles. The molecule has 2 aliphatic rings. The molecule has 1 amide bonds. The van der Waals surface area contributed by atoms with E-state index in [1.807, 2.05) is 149 Å². The number of esters is 5. The second kappa shape index (κ2) is 46.2. The van der Waals surface area contributed by atoms with E-state index >= 15 is 0 Å². The lowest BCUT2D eigenvalue weighted by Gasteiger charge is -2.48. The van der Waals surface area contributed by atoms with E-state index in [1.54, 1.807) is 55.4 Å². The molecule has 87 heavy (non-hydrogen) atoms. The van der Waals surface area contributed by atoms with Gasteiger partial charge in [-0.05, 0) is 125 Å². The van der Waals surface area contributed by atoms with E-state index in [2.05, 4.69) is 43.0 Å². The van der Waals surface area contributed by atoms with Crippen molar-refractivity contribution in [3.05, 3.63) is 144 Å². The number of likely N-dealkylation sites (tertiary alicyclic amines) is 2. The lowest BCUT2D eigenvalue weighted by Crippen LogP contribution is -2.65. The number of hydrogen-bond donors (Lipinski definition) is 2. The third-order valence-corrected chi connectivity index (χ3v) is 13.5. The number of nitrogens with zero attached hydrogens (tertiary/aromatic N) is 3. The highest BCUT2D eigenvalue weighted by Crippen LogP contribution is 2.34. The van der Waals surface area contributed by atoms with Crippen molar-refractivity contribution in [1.29, 1.82) is 0 Å². The fourth-order valence-corrected chi connectivity index (χ4v) is 8.03. The summed E-state index contributed by atoms with van der Waals surface area (Å²) in [5.41, 5.74) is 8.26. The Labute approximate surface area is 536 Å². The van der Waals surface area contributed by atoms with Gasteiger partial charge in [-0.15, -0.1) is 23.2 Å². The quantitative estimate of drug-likeness (QED) is 0.0323. The molecular weight excluding hydrogens is 1220 g/mol. The lowest BCUT2D eigenvalue weighted by molar-refractivity contribution is -0.167. The van der Waals surface area contributed by atoms with Gasteiger partial charge >= 0.3 is 35.9 Å².